The first-order chi connectivity index (χ1) is 14.1. The molecule has 0 N–H and O–H groups in total. The molecule has 0 heterocycles. The van der Waals surface area contributed by atoms with Crippen LogP contribution in [0.4, 0.5) is 0 Å². The van der Waals surface area contributed by atoms with Crippen LogP contribution >= 0.6 is 0 Å². The van der Waals surface area contributed by atoms with Crippen molar-refractivity contribution in [1.29, 1.82) is 0 Å². The molecule has 0 aliphatic carbocycles. The summed E-state index contributed by atoms with van der Waals surface area (Å²) in [5.74, 6) is -0.556. The van der Waals surface area contributed by atoms with Crippen molar-refractivity contribution < 1.29 is 16.8 Å². The average Bonchev–Trinajstić information content (AvgIpc) is 2.66. The summed E-state index contributed by atoms with van der Waals surface area (Å²) in [5, 5.41) is 0. The lowest BCUT2D eigenvalue weighted by Crippen LogP contribution is -2.17. The van der Waals surface area contributed by atoms with E-state index in [0.717, 1.165) is 11.1 Å². The molecule has 0 aliphatic heterocycles. The molecule has 0 atom stereocenters. The summed E-state index contributed by atoms with van der Waals surface area (Å²) in [6.07, 6.45) is 1.92. The van der Waals surface area contributed by atoms with E-state index < -0.39 is 25.4 Å². The number of hydrogen-bond donors (Lipinski definition) is 0. The fourth-order valence-corrected chi connectivity index (χ4v) is 6.67. The molecular weight excluding hydrogens is 428 g/mol. The lowest BCUT2D eigenvalue weighted by molar-refractivity contribution is 0.585. The van der Waals surface area contributed by atoms with E-state index in [9.17, 15) is 16.8 Å². The minimum absolute atomic E-state index is 0.0848. The van der Waals surface area contributed by atoms with E-state index in [2.05, 4.69) is 41.5 Å². The predicted molar refractivity (Wildman–Crippen MR) is 128 cm³/mol. The van der Waals surface area contributed by atoms with Crippen molar-refractivity contribution >= 4 is 19.7 Å². The number of sulfone groups is 2. The third kappa shape index (κ3) is 6.07. The first kappa shape index (κ1) is 25.3. The smallest absolute Gasteiger partial charge is 0.203 e. The van der Waals surface area contributed by atoms with E-state index in [0.29, 0.717) is 6.42 Å². The summed E-state index contributed by atoms with van der Waals surface area (Å²) >= 11 is 0. The van der Waals surface area contributed by atoms with Gasteiger partial charge < -0.3 is 0 Å². The second-order valence-corrected chi connectivity index (χ2v) is 13.9. The van der Waals surface area contributed by atoms with Crippen LogP contribution in [0, 0.1) is 0 Å². The molecule has 4 nitrogen and oxygen atoms in total. The molecule has 6 heteroatoms. The fourth-order valence-electron chi connectivity index (χ4n) is 3.19. The fraction of sp³-hybridized carbons (Fsp3) is 0.440. The Hall–Kier alpha value is -1.92. The molecule has 0 amide bonds. The van der Waals surface area contributed by atoms with Gasteiger partial charge in [0.1, 0.15) is 0 Å². The second kappa shape index (κ2) is 8.91. The van der Waals surface area contributed by atoms with Gasteiger partial charge in [0.2, 0.25) is 9.84 Å². The van der Waals surface area contributed by atoms with E-state index in [4.69, 9.17) is 0 Å². The molecule has 2 aromatic rings. The van der Waals surface area contributed by atoms with Crippen molar-refractivity contribution in [3.8, 4) is 0 Å². The van der Waals surface area contributed by atoms with Crippen LogP contribution in [0.25, 0.3) is 0 Å². The van der Waals surface area contributed by atoms with Crippen molar-refractivity contribution in [2.75, 3.05) is 5.75 Å². The summed E-state index contributed by atoms with van der Waals surface area (Å²) in [7, 11) is -7.73. The molecule has 0 fully saturated rings. The highest BCUT2D eigenvalue weighted by Gasteiger charge is 2.27. The molecule has 0 aliphatic rings. The lowest BCUT2D eigenvalue weighted by atomic mass is 9.87. The van der Waals surface area contributed by atoms with Crippen LogP contribution in [0.15, 0.2) is 69.3 Å². The van der Waals surface area contributed by atoms with Crippen molar-refractivity contribution in [2.24, 2.45) is 0 Å². The van der Waals surface area contributed by atoms with E-state index in [-0.39, 0.29) is 25.5 Å². The van der Waals surface area contributed by atoms with Gasteiger partial charge >= 0.3 is 0 Å². The Balaban J connectivity index is 2.40. The maximum Gasteiger partial charge on any atom is 0.203 e. The van der Waals surface area contributed by atoms with Crippen LogP contribution in [0.5, 0.6) is 0 Å². The molecule has 0 aromatic heterocycles. The maximum absolute atomic E-state index is 13.2. The van der Waals surface area contributed by atoms with Gasteiger partial charge in [-0.1, -0.05) is 78.8 Å². The Morgan fingerprint density at radius 3 is 1.45 bits per heavy atom. The van der Waals surface area contributed by atoms with E-state index in [1.54, 1.807) is 55.5 Å². The van der Waals surface area contributed by atoms with Gasteiger partial charge in [0.05, 0.1) is 20.4 Å². The van der Waals surface area contributed by atoms with Crippen LogP contribution in [-0.2, 0) is 30.5 Å². The third-order valence-electron chi connectivity index (χ3n) is 5.22. The molecule has 0 saturated heterocycles. The van der Waals surface area contributed by atoms with Gasteiger partial charge in [0.25, 0.3) is 0 Å². The zero-order valence-electron chi connectivity index (χ0n) is 19.6. The SMILES string of the molecule is CC/C=C(\CS(=O)(=O)c1ccc(C(C)(C)C)cc1)S(=O)(=O)c1ccc(C(C)(C)C)cc1. The number of hydrogen-bond acceptors (Lipinski definition) is 4. The minimum Gasteiger partial charge on any atom is -0.223 e. The first-order valence-electron chi connectivity index (χ1n) is 10.5. The normalized spacial score (nSPS) is 14.0. The number of benzene rings is 2. The van der Waals surface area contributed by atoms with E-state index in [1.807, 2.05) is 0 Å². The minimum atomic E-state index is -3.92. The summed E-state index contributed by atoms with van der Waals surface area (Å²) in [4.78, 5) is 0.151. The second-order valence-electron chi connectivity index (χ2n) is 9.89. The zero-order valence-corrected chi connectivity index (χ0v) is 21.2. The average molecular weight is 463 g/mol. The van der Waals surface area contributed by atoms with Gasteiger partial charge in [-0.05, 0) is 52.6 Å². The lowest BCUT2D eigenvalue weighted by Gasteiger charge is -2.20. The first-order valence-corrected chi connectivity index (χ1v) is 13.6. The van der Waals surface area contributed by atoms with Crippen LogP contribution in [0.2, 0.25) is 0 Å². The largest absolute Gasteiger partial charge is 0.223 e. The van der Waals surface area contributed by atoms with E-state index >= 15 is 0 Å². The Bertz CT molecular complexity index is 1140. The molecule has 170 valence electrons. The summed E-state index contributed by atoms with van der Waals surface area (Å²) in [5.41, 5.74) is 1.83. The highest BCUT2D eigenvalue weighted by molar-refractivity contribution is 7.98. The summed E-state index contributed by atoms with van der Waals surface area (Å²) in [6, 6.07) is 13.4. The molecule has 0 bridgehead atoms. The van der Waals surface area contributed by atoms with Gasteiger partial charge in [0.15, 0.2) is 9.84 Å². The van der Waals surface area contributed by atoms with Crippen LogP contribution in [0.1, 0.15) is 66.0 Å². The van der Waals surface area contributed by atoms with Crippen molar-refractivity contribution in [2.45, 2.75) is 75.5 Å². The Morgan fingerprint density at radius 2 is 1.10 bits per heavy atom. The molecule has 31 heavy (non-hydrogen) atoms. The molecule has 2 aromatic carbocycles. The number of allylic oxidation sites excluding steroid dienone is 1. The monoisotopic (exact) mass is 462 g/mol. The standard InChI is InChI=1S/C25H34O4S2/c1-8-9-23(31(28,29)22-16-12-20(13-17-22)25(5,6)7)18-30(26,27)21-14-10-19(11-15-21)24(2,3)4/h9-17H,8,18H2,1-7H3/b23-9+. The van der Waals surface area contributed by atoms with Gasteiger partial charge in [-0.25, -0.2) is 16.8 Å². The van der Waals surface area contributed by atoms with Crippen LogP contribution in [-0.4, -0.2) is 22.6 Å². The molecule has 0 unspecified atom stereocenters. The van der Waals surface area contributed by atoms with E-state index in [1.165, 1.54) is 6.08 Å². The van der Waals surface area contributed by atoms with Gasteiger partial charge in [-0.3, -0.25) is 0 Å². The molecule has 0 radical (unpaired) electrons. The van der Waals surface area contributed by atoms with Crippen molar-refractivity contribution in [1.82, 2.24) is 0 Å². The molecule has 2 rings (SSSR count). The zero-order chi connectivity index (χ0) is 23.7. The summed E-state index contributed by atoms with van der Waals surface area (Å²) in [6.45, 7) is 14.1. The van der Waals surface area contributed by atoms with Gasteiger partial charge in [-0.2, -0.15) is 0 Å². The molecule has 0 saturated carbocycles. The Morgan fingerprint density at radius 1 is 0.710 bits per heavy atom. The summed E-state index contributed by atoms with van der Waals surface area (Å²) < 4.78 is 52.6. The quantitative estimate of drug-likeness (QED) is 0.542. The van der Waals surface area contributed by atoms with Crippen molar-refractivity contribution in [3.63, 3.8) is 0 Å². The highest BCUT2D eigenvalue weighted by atomic mass is 32.2. The Kier molecular flexibility index (Phi) is 7.28. The molecule has 0 spiro atoms. The predicted octanol–water partition coefficient (Wildman–Crippen LogP) is 5.82. The Labute approximate surface area is 188 Å². The van der Waals surface area contributed by atoms with Crippen molar-refractivity contribution in [3.05, 3.63) is 70.6 Å². The van der Waals surface area contributed by atoms with Gasteiger partial charge in [-0.15, -0.1) is 0 Å². The molecular formula is C25H34O4S2. The third-order valence-corrected chi connectivity index (χ3v) is 8.98. The maximum atomic E-state index is 13.2. The highest BCUT2D eigenvalue weighted by Crippen LogP contribution is 2.28. The van der Waals surface area contributed by atoms with Gasteiger partial charge in [0, 0.05) is 0 Å². The number of rotatable bonds is 6. The topological polar surface area (TPSA) is 68.3 Å². The van der Waals surface area contributed by atoms with Crippen LogP contribution < -0.4 is 0 Å². The van der Waals surface area contributed by atoms with Crippen LogP contribution in [0.3, 0.4) is 0 Å².